The smallest absolute Gasteiger partial charge is 0.134 e. The van der Waals surface area contributed by atoms with Crippen LogP contribution in [0.3, 0.4) is 0 Å². The van der Waals surface area contributed by atoms with E-state index in [-0.39, 0.29) is 6.10 Å². The molecule has 0 aliphatic carbocycles. The molecule has 0 amide bonds. The summed E-state index contributed by atoms with van der Waals surface area (Å²) in [7, 11) is 0. The number of hydrogen-bond donors (Lipinski definition) is 1. The molecule has 3 heteroatoms. The second kappa shape index (κ2) is 5.59. The molecule has 2 atom stereocenters. The van der Waals surface area contributed by atoms with Crippen molar-refractivity contribution in [1.82, 2.24) is 5.32 Å². The van der Waals surface area contributed by atoms with Crippen LogP contribution in [-0.2, 0) is 11.2 Å². The Morgan fingerprint density at radius 2 is 2.00 bits per heavy atom. The van der Waals surface area contributed by atoms with Crippen LogP contribution in [0.4, 0.5) is 0 Å². The van der Waals surface area contributed by atoms with Gasteiger partial charge in [0.25, 0.3) is 0 Å². The fourth-order valence-electron chi connectivity index (χ4n) is 2.46. The SMILES string of the molecule is Cc1ccc(C2CNC(Cc3ccccc3)CO2)o1. The van der Waals surface area contributed by atoms with Crippen LogP contribution in [0, 0.1) is 6.92 Å². The largest absolute Gasteiger partial charge is 0.464 e. The molecule has 1 N–H and O–H groups in total. The van der Waals surface area contributed by atoms with Gasteiger partial charge in [-0.2, -0.15) is 0 Å². The summed E-state index contributed by atoms with van der Waals surface area (Å²) in [5, 5.41) is 3.54. The lowest BCUT2D eigenvalue weighted by atomic mass is 10.0. The van der Waals surface area contributed by atoms with Crippen molar-refractivity contribution in [1.29, 1.82) is 0 Å². The van der Waals surface area contributed by atoms with Gasteiger partial charge in [0, 0.05) is 12.6 Å². The van der Waals surface area contributed by atoms with Gasteiger partial charge in [0.05, 0.1) is 6.61 Å². The van der Waals surface area contributed by atoms with E-state index in [0.29, 0.717) is 6.04 Å². The van der Waals surface area contributed by atoms with E-state index in [0.717, 1.165) is 31.1 Å². The van der Waals surface area contributed by atoms with E-state index in [1.54, 1.807) is 0 Å². The van der Waals surface area contributed by atoms with Crippen molar-refractivity contribution < 1.29 is 9.15 Å². The van der Waals surface area contributed by atoms with Gasteiger partial charge in [0.1, 0.15) is 17.6 Å². The van der Waals surface area contributed by atoms with Crippen molar-refractivity contribution >= 4 is 0 Å². The summed E-state index contributed by atoms with van der Waals surface area (Å²) in [4.78, 5) is 0. The highest BCUT2D eigenvalue weighted by atomic mass is 16.5. The van der Waals surface area contributed by atoms with Gasteiger partial charge in [-0.05, 0) is 31.0 Å². The monoisotopic (exact) mass is 257 g/mol. The molecular formula is C16H19NO2. The zero-order chi connectivity index (χ0) is 13.1. The van der Waals surface area contributed by atoms with Crippen molar-refractivity contribution in [3.63, 3.8) is 0 Å². The van der Waals surface area contributed by atoms with Gasteiger partial charge in [-0.1, -0.05) is 30.3 Å². The van der Waals surface area contributed by atoms with Crippen molar-refractivity contribution in [2.24, 2.45) is 0 Å². The topological polar surface area (TPSA) is 34.4 Å². The number of ether oxygens (including phenoxy) is 1. The van der Waals surface area contributed by atoms with Crippen molar-refractivity contribution in [3.8, 4) is 0 Å². The van der Waals surface area contributed by atoms with E-state index >= 15 is 0 Å². The summed E-state index contributed by atoms with van der Waals surface area (Å²) < 4.78 is 11.5. The van der Waals surface area contributed by atoms with E-state index in [4.69, 9.17) is 9.15 Å². The predicted molar refractivity (Wildman–Crippen MR) is 74.1 cm³/mol. The number of benzene rings is 1. The molecule has 1 fully saturated rings. The molecule has 100 valence electrons. The summed E-state index contributed by atoms with van der Waals surface area (Å²) in [5.74, 6) is 1.85. The van der Waals surface area contributed by atoms with E-state index < -0.39 is 0 Å². The summed E-state index contributed by atoms with van der Waals surface area (Å²) in [6.07, 6.45) is 1.05. The molecule has 3 nitrogen and oxygen atoms in total. The molecule has 2 unspecified atom stereocenters. The first-order valence-electron chi connectivity index (χ1n) is 6.76. The molecule has 0 bridgehead atoms. The summed E-state index contributed by atoms with van der Waals surface area (Å²) in [5.41, 5.74) is 1.34. The zero-order valence-corrected chi connectivity index (χ0v) is 11.1. The second-order valence-electron chi connectivity index (χ2n) is 5.07. The molecule has 2 aromatic rings. The van der Waals surface area contributed by atoms with E-state index in [1.165, 1.54) is 5.56 Å². The third-order valence-corrected chi connectivity index (χ3v) is 3.49. The maximum absolute atomic E-state index is 5.91. The molecule has 19 heavy (non-hydrogen) atoms. The standard InChI is InChI=1S/C16H19NO2/c1-12-7-8-15(19-12)16-10-17-14(11-18-16)9-13-5-3-2-4-6-13/h2-8,14,16-17H,9-11H2,1H3. The minimum Gasteiger partial charge on any atom is -0.464 e. The molecule has 1 aliphatic rings. The summed E-state index contributed by atoms with van der Waals surface area (Å²) >= 11 is 0. The number of aryl methyl sites for hydroxylation is 1. The van der Waals surface area contributed by atoms with Crippen LogP contribution in [0.15, 0.2) is 46.9 Å². The molecule has 3 rings (SSSR count). The Kier molecular flexibility index (Phi) is 3.67. The van der Waals surface area contributed by atoms with Gasteiger partial charge in [-0.3, -0.25) is 0 Å². The number of rotatable bonds is 3. The van der Waals surface area contributed by atoms with Crippen LogP contribution in [0.1, 0.15) is 23.2 Å². The minimum absolute atomic E-state index is 0.0423. The van der Waals surface area contributed by atoms with Gasteiger partial charge in [0.2, 0.25) is 0 Å². The zero-order valence-electron chi connectivity index (χ0n) is 11.1. The van der Waals surface area contributed by atoms with Crippen molar-refractivity contribution in [3.05, 3.63) is 59.5 Å². The summed E-state index contributed by atoms with van der Waals surface area (Å²) in [6, 6.07) is 14.9. The molecular weight excluding hydrogens is 238 g/mol. The average Bonchev–Trinajstić information content (AvgIpc) is 2.87. The van der Waals surface area contributed by atoms with Gasteiger partial charge < -0.3 is 14.5 Å². The van der Waals surface area contributed by atoms with Crippen LogP contribution < -0.4 is 5.32 Å². The predicted octanol–water partition coefficient (Wildman–Crippen LogP) is 2.86. The minimum atomic E-state index is 0.0423. The molecule has 0 saturated carbocycles. The second-order valence-corrected chi connectivity index (χ2v) is 5.07. The highest BCUT2D eigenvalue weighted by molar-refractivity contribution is 5.16. The fraction of sp³-hybridized carbons (Fsp3) is 0.375. The van der Waals surface area contributed by atoms with E-state index in [1.807, 2.05) is 25.1 Å². The van der Waals surface area contributed by atoms with Gasteiger partial charge in [-0.15, -0.1) is 0 Å². The maximum atomic E-state index is 5.91. The van der Waals surface area contributed by atoms with Gasteiger partial charge in [-0.25, -0.2) is 0 Å². The molecule has 1 saturated heterocycles. The highest BCUT2D eigenvalue weighted by Crippen LogP contribution is 2.22. The number of furan rings is 1. The fourth-order valence-corrected chi connectivity index (χ4v) is 2.46. The van der Waals surface area contributed by atoms with E-state index in [2.05, 4.69) is 29.6 Å². The maximum Gasteiger partial charge on any atom is 0.134 e. The molecule has 2 heterocycles. The Balaban J connectivity index is 1.55. The molecule has 0 radical (unpaired) electrons. The van der Waals surface area contributed by atoms with E-state index in [9.17, 15) is 0 Å². The number of hydrogen-bond acceptors (Lipinski definition) is 3. The summed E-state index contributed by atoms with van der Waals surface area (Å²) in [6.45, 7) is 3.49. The Morgan fingerprint density at radius 3 is 2.63 bits per heavy atom. The molecule has 0 spiro atoms. The molecule has 1 aromatic carbocycles. The van der Waals surface area contributed by atoms with Crippen LogP contribution in [-0.4, -0.2) is 19.2 Å². The van der Waals surface area contributed by atoms with Crippen molar-refractivity contribution in [2.45, 2.75) is 25.5 Å². The lowest BCUT2D eigenvalue weighted by Gasteiger charge is -2.29. The van der Waals surface area contributed by atoms with Crippen LogP contribution in [0.2, 0.25) is 0 Å². The normalized spacial score (nSPS) is 23.4. The first-order chi connectivity index (χ1) is 9.31. The van der Waals surface area contributed by atoms with Crippen LogP contribution in [0.5, 0.6) is 0 Å². The average molecular weight is 257 g/mol. The third kappa shape index (κ3) is 3.06. The van der Waals surface area contributed by atoms with Crippen LogP contribution >= 0.6 is 0 Å². The first-order valence-corrected chi connectivity index (χ1v) is 6.76. The molecule has 1 aromatic heterocycles. The Labute approximate surface area is 113 Å². The third-order valence-electron chi connectivity index (χ3n) is 3.49. The van der Waals surface area contributed by atoms with Gasteiger partial charge in [0.15, 0.2) is 0 Å². The van der Waals surface area contributed by atoms with Gasteiger partial charge >= 0.3 is 0 Å². The Morgan fingerprint density at radius 1 is 1.16 bits per heavy atom. The van der Waals surface area contributed by atoms with Crippen LogP contribution in [0.25, 0.3) is 0 Å². The lowest BCUT2D eigenvalue weighted by Crippen LogP contribution is -2.43. The Hall–Kier alpha value is -1.58. The lowest BCUT2D eigenvalue weighted by molar-refractivity contribution is -0.00894. The quantitative estimate of drug-likeness (QED) is 0.918. The number of nitrogens with one attached hydrogen (secondary N) is 1. The highest BCUT2D eigenvalue weighted by Gasteiger charge is 2.24. The van der Waals surface area contributed by atoms with Crippen molar-refractivity contribution in [2.75, 3.05) is 13.2 Å². The molecule has 1 aliphatic heterocycles. The number of morpholine rings is 1. The first kappa shape index (κ1) is 12.5. The Bertz CT molecular complexity index is 513.